The molecule has 8 heteroatoms. The molecule has 0 saturated heterocycles. The van der Waals surface area contributed by atoms with Crippen LogP contribution in [0.2, 0.25) is 5.02 Å². The quantitative estimate of drug-likeness (QED) is 0.417. The summed E-state index contributed by atoms with van der Waals surface area (Å²) in [7, 11) is 1.61. The van der Waals surface area contributed by atoms with Gasteiger partial charge in [0.15, 0.2) is 5.16 Å². The van der Waals surface area contributed by atoms with Gasteiger partial charge in [-0.2, -0.15) is 0 Å². The van der Waals surface area contributed by atoms with Crippen LogP contribution >= 0.6 is 23.4 Å². The Labute approximate surface area is 184 Å². The third-order valence-corrected chi connectivity index (χ3v) is 5.60. The molecule has 0 aliphatic heterocycles. The summed E-state index contributed by atoms with van der Waals surface area (Å²) >= 11 is 7.31. The number of amides is 1. The van der Waals surface area contributed by atoms with Crippen molar-refractivity contribution in [1.82, 2.24) is 14.9 Å². The Kier molecular flexibility index (Phi) is 7.39. The van der Waals surface area contributed by atoms with Crippen molar-refractivity contribution in [3.05, 3.63) is 63.4 Å². The molecule has 1 aromatic heterocycles. The van der Waals surface area contributed by atoms with Gasteiger partial charge in [0.1, 0.15) is 5.75 Å². The van der Waals surface area contributed by atoms with Crippen molar-refractivity contribution in [2.45, 2.75) is 32.1 Å². The maximum Gasteiger partial charge on any atom is 0.262 e. The van der Waals surface area contributed by atoms with Gasteiger partial charge in [-0.25, -0.2) is 4.98 Å². The second-order valence-corrected chi connectivity index (χ2v) is 8.66. The normalized spacial score (nSPS) is 11.1. The zero-order chi connectivity index (χ0) is 21.7. The average molecular weight is 446 g/mol. The second kappa shape index (κ2) is 10.00. The Morgan fingerprint density at radius 1 is 1.27 bits per heavy atom. The molecule has 3 aromatic rings. The number of ether oxygens (including phenoxy) is 1. The lowest BCUT2D eigenvalue weighted by Crippen LogP contribution is -2.27. The summed E-state index contributed by atoms with van der Waals surface area (Å²) < 4.78 is 6.83. The SMILES string of the molecule is COc1cccc(CNC(=O)CSc2nc3ccc(Cl)cc3c(=O)n2CC(C)C)c1. The largest absolute Gasteiger partial charge is 0.497 e. The van der Waals surface area contributed by atoms with E-state index < -0.39 is 0 Å². The summed E-state index contributed by atoms with van der Waals surface area (Å²) in [4.78, 5) is 30.0. The highest BCUT2D eigenvalue weighted by molar-refractivity contribution is 7.99. The van der Waals surface area contributed by atoms with E-state index in [-0.39, 0.29) is 23.1 Å². The van der Waals surface area contributed by atoms with Gasteiger partial charge in [0.2, 0.25) is 5.91 Å². The van der Waals surface area contributed by atoms with Crippen LogP contribution in [0.1, 0.15) is 19.4 Å². The van der Waals surface area contributed by atoms with Crippen molar-refractivity contribution in [3.8, 4) is 5.75 Å². The number of nitrogens with one attached hydrogen (secondary N) is 1. The fourth-order valence-electron chi connectivity index (χ4n) is 2.97. The fraction of sp³-hybridized carbons (Fsp3) is 0.318. The third kappa shape index (κ3) is 5.55. The minimum atomic E-state index is -0.143. The van der Waals surface area contributed by atoms with E-state index in [1.807, 2.05) is 38.1 Å². The summed E-state index contributed by atoms with van der Waals surface area (Å²) in [5.41, 5.74) is 1.38. The van der Waals surface area contributed by atoms with E-state index in [0.717, 1.165) is 11.3 Å². The highest BCUT2D eigenvalue weighted by Crippen LogP contribution is 2.21. The number of hydrogen-bond donors (Lipinski definition) is 1. The number of rotatable bonds is 8. The number of aromatic nitrogens is 2. The lowest BCUT2D eigenvalue weighted by atomic mass is 10.2. The Morgan fingerprint density at radius 3 is 2.80 bits per heavy atom. The first-order valence-electron chi connectivity index (χ1n) is 9.60. The molecule has 0 fully saturated rings. The molecule has 0 saturated carbocycles. The summed E-state index contributed by atoms with van der Waals surface area (Å²) in [6.07, 6.45) is 0. The predicted molar refractivity (Wildman–Crippen MR) is 121 cm³/mol. The van der Waals surface area contributed by atoms with E-state index in [1.165, 1.54) is 11.8 Å². The molecule has 0 spiro atoms. The van der Waals surface area contributed by atoms with E-state index in [1.54, 1.807) is 29.9 Å². The monoisotopic (exact) mass is 445 g/mol. The van der Waals surface area contributed by atoms with Crippen molar-refractivity contribution >= 4 is 40.2 Å². The second-order valence-electron chi connectivity index (χ2n) is 7.28. The Morgan fingerprint density at radius 2 is 2.07 bits per heavy atom. The number of nitrogens with zero attached hydrogens (tertiary/aromatic N) is 2. The smallest absolute Gasteiger partial charge is 0.262 e. The zero-order valence-corrected chi connectivity index (χ0v) is 18.7. The number of hydrogen-bond acceptors (Lipinski definition) is 5. The molecule has 0 unspecified atom stereocenters. The van der Waals surface area contributed by atoms with Crippen molar-refractivity contribution in [1.29, 1.82) is 0 Å². The van der Waals surface area contributed by atoms with E-state index >= 15 is 0 Å². The van der Waals surface area contributed by atoms with E-state index in [2.05, 4.69) is 10.3 Å². The number of carbonyl (C=O) groups excluding carboxylic acids is 1. The molecule has 0 aliphatic carbocycles. The van der Waals surface area contributed by atoms with Gasteiger partial charge in [-0.15, -0.1) is 0 Å². The molecule has 1 N–H and O–H groups in total. The van der Waals surface area contributed by atoms with E-state index in [9.17, 15) is 9.59 Å². The molecule has 3 rings (SSSR count). The molecular formula is C22H24ClN3O3S. The summed E-state index contributed by atoms with van der Waals surface area (Å²) in [5, 5.41) is 4.40. The number of carbonyl (C=O) groups is 1. The lowest BCUT2D eigenvalue weighted by Gasteiger charge is -2.15. The van der Waals surface area contributed by atoms with Gasteiger partial charge < -0.3 is 10.1 Å². The molecule has 158 valence electrons. The molecular weight excluding hydrogens is 422 g/mol. The maximum atomic E-state index is 13.0. The Balaban J connectivity index is 1.74. The van der Waals surface area contributed by atoms with Gasteiger partial charge in [0, 0.05) is 18.1 Å². The van der Waals surface area contributed by atoms with E-state index in [0.29, 0.717) is 34.2 Å². The molecule has 0 bridgehead atoms. The first kappa shape index (κ1) is 22.2. The van der Waals surface area contributed by atoms with Crippen molar-refractivity contribution < 1.29 is 9.53 Å². The average Bonchev–Trinajstić information content (AvgIpc) is 2.73. The van der Waals surface area contributed by atoms with Crippen LogP contribution in [0.15, 0.2) is 52.4 Å². The van der Waals surface area contributed by atoms with Crippen LogP contribution in [0.25, 0.3) is 10.9 Å². The van der Waals surface area contributed by atoms with Gasteiger partial charge in [-0.3, -0.25) is 14.2 Å². The number of benzene rings is 2. The number of halogens is 1. The first-order chi connectivity index (χ1) is 14.4. The topological polar surface area (TPSA) is 73.2 Å². The van der Waals surface area contributed by atoms with Crippen LogP contribution < -0.4 is 15.6 Å². The lowest BCUT2D eigenvalue weighted by molar-refractivity contribution is -0.118. The van der Waals surface area contributed by atoms with Crippen LogP contribution in [0.4, 0.5) is 0 Å². The minimum absolute atomic E-state index is 0.135. The minimum Gasteiger partial charge on any atom is -0.497 e. The zero-order valence-electron chi connectivity index (χ0n) is 17.1. The first-order valence-corrected chi connectivity index (χ1v) is 11.0. The number of thioether (sulfide) groups is 1. The predicted octanol–water partition coefficient (Wildman–Crippen LogP) is 4.12. The van der Waals surface area contributed by atoms with Crippen LogP contribution in [0.5, 0.6) is 5.75 Å². The molecule has 1 amide bonds. The summed E-state index contributed by atoms with van der Waals surface area (Å²) in [6, 6.07) is 12.6. The van der Waals surface area contributed by atoms with Gasteiger partial charge >= 0.3 is 0 Å². The molecule has 6 nitrogen and oxygen atoms in total. The summed E-state index contributed by atoms with van der Waals surface area (Å²) in [6.45, 7) is 4.98. The number of fused-ring (bicyclic) bond motifs is 1. The Hall–Kier alpha value is -2.51. The standard InChI is InChI=1S/C22H24ClN3O3S/c1-14(2)12-26-21(28)18-10-16(23)7-8-19(18)25-22(26)30-13-20(27)24-11-15-5-4-6-17(9-15)29-3/h4-10,14H,11-13H2,1-3H3,(H,24,27). The number of methoxy groups -OCH3 is 1. The maximum absolute atomic E-state index is 13.0. The van der Waals surface area contributed by atoms with Crippen LogP contribution in [0.3, 0.4) is 0 Å². The van der Waals surface area contributed by atoms with Crippen LogP contribution in [0, 0.1) is 5.92 Å². The molecule has 2 aromatic carbocycles. The third-order valence-electron chi connectivity index (χ3n) is 4.39. The summed E-state index contributed by atoms with van der Waals surface area (Å²) in [5.74, 6) is 1.02. The fourth-order valence-corrected chi connectivity index (χ4v) is 3.98. The van der Waals surface area contributed by atoms with Crippen molar-refractivity contribution in [2.24, 2.45) is 5.92 Å². The molecule has 0 radical (unpaired) electrons. The highest BCUT2D eigenvalue weighted by Gasteiger charge is 2.15. The van der Waals surface area contributed by atoms with Gasteiger partial charge in [0.25, 0.3) is 5.56 Å². The van der Waals surface area contributed by atoms with Crippen LogP contribution in [-0.4, -0.2) is 28.3 Å². The van der Waals surface area contributed by atoms with Gasteiger partial charge in [-0.05, 0) is 41.8 Å². The Bertz CT molecular complexity index is 1110. The molecule has 0 atom stereocenters. The molecule has 0 aliphatic rings. The van der Waals surface area contributed by atoms with E-state index in [4.69, 9.17) is 16.3 Å². The van der Waals surface area contributed by atoms with Gasteiger partial charge in [0.05, 0.1) is 23.8 Å². The van der Waals surface area contributed by atoms with Crippen LogP contribution in [-0.2, 0) is 17.9 Å². The van der Waals surface area contributed by atoms with Crippen molar-refractivity contribution in [2.75, 3.05) is 12.9 Å². The van der Waals surface area contributed by atoms with Crippen molar-refractivity contribution in [3.63, 3.8) is 0 Å². The van der Waals surface area contributed by atoms with Gasteiger partial charge in [-0.1, -0.05) is 49.3 Å². The molecule has 1 heterocycles. The molecule has 30 heavy (non-hydrogen) atoms. The highest BCUT2D eigenvalue weighted by atomic mass is 35.5.